The molecule has 0 aromatic rings. The Morgan fingerprint density at radius 1 is 1.00 bits per heavy atom. The van der Waals surface area contributed by atoms with Gasteiger partial charge in [0.15, 0.2) is 0 Å². The minimum atomic E-state index is 0.599. The SMILES string of the molecule is C=C\C(=C/C(C(=C)C)=C(NCCOC)/C(=C/C=C(C)C)C(=C)C)OC. The summed E-state index contributed by atoms with van der Waals surface area (Å²) in [5.74, 6) is 0.673. The van der Waals surface area contributed by atoms with Crippen molar-refractivity contribution in [3.63, 3.8) is 0 Å². The van der Waals surface area contributed by atoms with Gasteiger partial charge >= 0.3 is 0 Å². The Labute approximate surface area is 153 Å². The van der Waals surface area contributed by atoms with Crippen molar-refractivity contribution in [2.24, 2.45) is 0 Å². The molecular formula is C22H33NO2. The molecule has 138 valence electrons. The lowest BCUT2D eigenvalue weighted by molar-refractivity contribution is 0.202. The van der Waals surface area contributed by atoms with Crippen molar-refractivity contribution in [3.8, 4) is 0 Å². The molecule has 0 aromatic heterocycles. The minimum absolute atomic E-state index is 0.599. The van der Waals surface area contributed by atoms with Crippen LogP contribution in [-0.4, -0.2) is 27.4 Å². The molecular weight excluding hydrogens is 310 g/mol. The van der Waals surface area contributed by atoms with E-state index in [4.69, 9.17) is 9.47 Å². The number of methoxy groups -OCH3 is 2. The Bertz CT molecular complexity index is 612. The Balaban J connectivity index is 6.47. The highest BCUT2D eigenvalue weighted by molar-refractivity contribution is 5.55. The first kappa shape index (κ1) is 22.7. The van der Waals surface area contributed by atoms with Gasteiger partial charge in [-0.3, -0.25) is 0 Å². The van der Waals surface area contributed by atoms with Crippen LogP contribution in [0, 0.1) is 0 Å². The van der Waals surface area contributed by atoms with Gasteiger partial charge in [-0.25, -0.2) is 0 Å². The van der Waals surface area contributed by atoms with Crippen molar-refractivity contribution in [3.05, 3.63) is 83.4 Å². The van der Waals surface area contributed by atoms with Gasteiger partial charge in [-0.2, -0.15) is 0 Å². The largest absolute Gasteiger partial charge is 0.497 e. The zero-order chi connectivity index (χ0) is 19.4. The van der Waals surface area contributed by atoms with E-state index in [-0.39, 0.29) is 0 Å². The van der Waals surface area contributed by atoms with Gasteiger partial charge in [0.1, 0.15) is 5.76 Å². The molecule has 25 heavy (non-hydrogen) atoms. The highest BCUT2D eigenvalue weighted by Gasteiger charge is 2.13. The van der Waals surface area contributed by atoms with E-state index < -0.39 is 0 Å². The molecule has 0 saturated heterocycles. The van der Waals surface area contributed by atoms with Crippen LogP contribution >= 0.6 is 0 Å². The van der Waals surface area contributed by atoms with Crippen LogP contribution in [0.1, 0.15) is 27.7 Å². The smallest absolute Gasteiger partial charge is 0.118 e. The van der Waals surface area contributed by atoms with Crippen molar-refractivity contribution in [1.29, 1.82) is 0 Å². The van der Waals surface area contributed by atoms with E-state index in [1.54, 1.807) is 20.3 Å². The van der Waals surface area contributed by atoms with E-state index in [2.05, 4.69) is 51.1 Å². The summed E-state index contributed by atoms with van der Waals surface area (Å²) in [6.07, 6.45) is 7.76. The zero-order valence-electron chi connectivity index (χ0n) is 16.7. The van der Waals surface area contributed by atoms with E-state index in [0.717, 1.165) is 28.0 Å². The second-order valence-electron chi connectivity index (χ2n) is 6.05. The van der Waals surface area contributed by atoms with Gasteiger partial charge in [-0.15, -0.1) is 0 Å². The summed E-state index contributed by atoms with van der Waals surface area (Å²) < 4.78 is 10.5. The number of hydrogen-bond donors (Lipinski definition) is 1. The van der Waals surface area contributed by atoms with E-state index in [1.807, 2.05) is 19.9 Å². The third kappa shape index (κ3) is 8.41. The van der Waals surface area contributed by atoms with Gasteiger partial charge in [0, 0.05) is 30.5 Å². The van der Waals surface area contributed by atoms with Crippen molar-refractivity contribution in [2.75, 3.05) is 27.4 Å². The molecule has 0 aliphatic carbocycles. The molecule has 1 N–H and O–H groups in total. The van der Waals surface area contributed by atoms with Crippen molar-refractivity contribution < 1.29 is 9.47 Å². The first-order valence-electron chi connectivity index (χ1n) is 8.30. The molecule has 0 bridgehead atoms. The third-order valence-corrected chi connectivity index (χ3v) is 3.37. The Morgan fingerprint density at radius 3 is 2.04 bits per heavy atom. The summed E-state index contributed by atoms with van der Waals surface area (Å²) >= 11 is 0. The quantitative estimate of drug-likeness (QED) is 0.316. The second-order valence-corrected chi connectivity index (χ2v) is 6.05. The van der Waals surface area contributed by atoms with Crippen LogP contribution in [0.4, 0.5) is 0 Å². The van der Waals surface area contributed by atoms with Gasteiger partial charge in [-0.05, 0) is 51.0 Å². The normalized spacial score (nSPS) is 12.9. The predicted molar refractivity (Wildman–Crippen MR) is 109 cm³/mol. The van der Waals surface area contributed by atoms with Crippen LogP contribution in [0.25, 0.3) is 0 Å². The van der Waals surface area contributed by atoms with Crippen LogP contribution in [0.15, 0.2) is 83.4 Å². The fraction of sp³-hybridized carbons (Fsp3) is 0.364. The van der Waals surface area contributed by atoms with Crippen molar-refractivity contribution >= 4 is 0 Å². The Morgan fingerprint density at radius 2 is 1.64 bits per heavy atom. The topological polar surface area (TPSA) is 30.5 Å². The van der Waals surface area contributed by atoms with Crippen LogP contribution in [0.3, 0.4) is 0 Å². The maximum atomic E-state index is 5.36. The first-order chi connectivity index (χ1) is 11.8. The molecule has 0 unspecified atom stereocenters. The number of ether oxygens (including phenoxy) is 2. The molecule has 0 spiro atoms. The molecule has 0 amide bonds. The lowest BCUT2D eigenvalue weighted by atomic mass is 9.96. The van der Waals surface area contributed by atoms with E-state index >= 15 is 0 Å². The second kappa shape index (κ2) is 12.2. The molecule has 0 aromatic carbocycles. The maximum absolute atomic E-state index is 5.36. The summed E-state index contributed by atoms with van der Waals surface area (Å²) in [7, 11) is 3.31. The number of allylic oxidation sites excluding steroid dienone is 8. The lowest BCUT2D eigenvalue weighted by Crippen LogP contribution is -2.22. The summed E-state index contributed by atoms with van der Waals surface area (Å²) in [5, 5.41) is 3.46. The van der Waals surface area contributed by atoms with Gasteiger partial charge in [0.25, 0.3) is 0 Å². The van der Waals surface area contributed by atoms with Gasteiger partial charge in [-0.1, -0.05) is 37.5 Å². The molecule has 0 rings (SSSR count). The van der Waals surface area contributed by atoms with Crippen LogP contribution < -0.4 is 5.32 Å². The molecule has 0 radical (unpaired) electrons. The lowest BCUT2D eigenvalue weighted by Gasteiger charge is -2.19. The van der Waals surface area contributed by atoms with E-state index in [0.29, 0.717) is 18.9 Å². The number of nitrogens with one attached hydrogen (secondary N) is 1. The van der Waals surface area contributed by atoms with Gasteiger partial charge in [0.05, 0.1) is 13.7 Å². The Hall–Kier alpha value is -2.26. The average molecular weight is 344 g/mol. The van der Waals surface area contributed by atoms with E-state index in [9.17, 15) is 0 Å². The predicted octanol–water partition coefficient (Wildman–Crippen LogP) is 5.24. The van der Waals surface area contributed by atoms with Crippen LogP contribution in [-0.2, 0) is 9.47 Å². The highest BCUT2D eigenvalue weighted by atomic mass is 16.5. The molecule has 0 fully saturated rings. The van der Waals surface area contributed by atoms with Crippen LogP contribution in [0.2, 0.25) is 0 Å². The summed E-state index contributed by atoms with van der Waals surface area (Å²) in [6, 6.07) is 0. The molecule has 0 heterocycles. The van der Waals surface area contributed by atoms with E-state index in [1.165, 1.54) is 5.57 Å². The van der Waals surface area contributed by atoms with Crippen molar-refractivity contribution in [2.45, 2.75) is 27.7 Å². The third-order valence-electron chi connectivity index (χ3n) is 3.37. The fourth-order valence-corrected chi connectivity index (χ4v) is 2.05. The standard InChI is InChI=1S/C22H33NO2/c1-10-19(25-9)15-21(18(6)7)22(23-13-14-24-8)20(17(4)5)12-11-16(2)3/h10-12,15,23H,1,4,6,13-14H2,2-3,5,7-9H3/b19-15+,20-12+,22-21+. The van der Waals surface area contributed by atoms with Crippen LogP contribution in [0.5, 0.6) is 0 Å². The first-order valence-corrected chi connectivity index (χ1v) is 8.30. The summed E-state index contributed by atoms with van der Waals surface area (Å²) in [5.41, 5.74) is 6.01. The highest BCUT2D eigenvalue weighted by Crippen LogP contribution is 2.25. The molecule has 3 nitrogen and oxygen atoms in total. The maximum Gasteiger partial charge on any atom is 0.118 e. The minimum Gasteiger partial charge on any atom is -0.497 e. The molecule has 0 aliphatic heterocycles. The summed E-state index contributed by atoms with van der Waals surface area (Å²) in [6.45, 7) is 21.4. The molecule has 0 saturated carbocycles. The molecule has 0 aliphatic rings. The molecule has 3 heteroatoms. The zero-order valence-corrected chi connectivity index (χ0v) is 16.7. The summed E-state index contributed by atoms with van der Waals surface area (Å²) in [4.78, 5) is 0. The van der Waals surface area contributed by atoms with Crippen molar-refractivity contribution in [1.82, 2.24) is 5.32 Å². The number of rotatable bonds is 11. The number of hydrogen-bond acceptors (Lipinski definition) is 3. The average Bonchev–Trinajstić information content (AvgIpc) is 2.54. The molecule has 0 atom stereocenters. The Kier molecular flexibility index (Phi) is 11.1. The van der Waals surface area contributed by atoms with Gasteiger partial charge < -0.3 is 14.8 Å². The monoisotopic (exact) mass is 343 g/mol. The van der Waals surface area contributed by atoms with Gasteiger partial charge in [0.2, 0.25) is 0 Å². The fourth-order valence-electron chi connectivity index (χ4n) is 2.05.